The topological polar surface area (TPSA) is 3.24 Å². The summed E-state index contributed by atoms with van der Waals surface area (Å²) in [5, 5.41) is 0. The Morgan fingerprint density at radius 3 is 2.57 bits per heavy atom. The van der Waals surface area contributed by atoms with E-state index in [2.05, 4.69) is 26.6 Å². The van der Waals surface area contributed by atoms with Gasteiger partial charge in [0.1, 0.15) is 0 Å². The van der Waals surface area contributed by atoms with Crippen molar-refractivity contribution < 1.29 is 21.1 Å². The van der Waals surface area contributed by atoms with Crippen LogP contribution in [0.2, 0.25) is 0 Å². The summed E-state index contributed by atoms with van der Waals surface area (Å²) in [5.41, 5.74) is 3.14. The third-order valence-corrected chi connectivity index (χ3v) is 2.15. The molecule has 0 saturated carbocycles. The fourth-order valence-corrected chi connectivity index (χ4v) is 1.32. The van der Waals surface area contributed by atoms with Crippen molar-refractivity contribution in [3.63, 3.8) is 0 Å². The van der Waals surface area contributed by atoms with Crippen LogP contribution in [0.25, 0.3) is 0 Å². The number of likely N-dealkylation sites (N-methyl/N-ethyl adjacent to an activating group) is 1. The molecule has 74 valence electrons. The van der Waals surface area contributed by atoms with Crippen LogP contribution in [0.3, 0.4) is 0 Å². The Balaban J connectivity index is 0.00000169. The number of nitrogens with zero attached hydrogens (tertiary/aromatic N) is 1. The van der Waals surface area contributed by atoms with Crippen molar-refractivity contribution in [1.29, 1.82) is 0 Å². The quantitative estimate of drug-likeness (QED) is 0.687. The summed E-state index contributed by atoms with van der Waals surface area (Å²) < 4.78 is 0. The van der Waals surface area contributed by atoms with Crippen molar-refractivity contribution in [3.8, 4) is 0 Å². The van der Waals surface area contributed by atoms with E-state index in [0.717, 1.165) is 11.3 Å². The van der Waals surface area contributed by atoms with Gasteiger partial charge < -0.3 is 17.6 Å². The molecule has 14 heavy (non-hydrogen) atoms. The van der Waals surface area contributed by atoms with E-state index in [1.165, 1.54) is 5.57 Å². The average molecular weight is 357 g/mol. The molecule has 0 bridgehead atoms. The van der Waals surface area contributed by atoms with E-state index in [4.69, 9.17) is 6.58 Å². The van der Waals surface area contributed by atoms with Gasteiger partial charge in [0.15, 0.2) is 0 Å². The standard InChI is InChI=1S/C12H15N.W/c1-6-11-7-12(9(2)3)10(4)13(5)8-11;/h1,6-7,9H,4H2,2-3,5H3;/q-2;+2. The minimum absolute atomic E-state index is 0. The van der Waals surface area contributed by atoms with Gasteiger partial charge in [-0.3, -0.25) is 5.57 Å². The summed E-state index contributed by atoms with van der Waals surface area (Å²) in [6.45, 7) is 13.7. The Morgan fingerprint density at radius 2 is 2.14 bits per heavy atom. The van der Waals surface area contributed by atoms with Crippen molar-refractivity contribution in [2.75, 3.05) is 7.05 Å². The van der Waals surface area contributed by atoms with E-state index >= 15 is 0 Å². The largest absolute Gasteiger partial charge is 2.00 e. The van der Waals surface area contributed by atoms with Crippen molar-refractivity contribution in [3.05, 3.63) is 48.4 Å². The summed E-state index contributed by atoms with van der Waals surface area (Å²) in [5.74, 6) is 0.465. The van der Waals surface area contributed by atoms with Crippen molar-refractivity contribution >= 4 is 0 Å². The average Bonchev–Trinajstić information content (AvgIpc) is 2.09. The smallest absolute Gasteiger partial charge is 0.447 e. The van der Waals surface area contributed by atoms with Gasteiger partial charge in [-0.15, -0.1) is 12.2 Å². The molecule has 0 aliphatic carbocycles. The summed E-state index contributed by atoms with van der Waals surface area (Å²) in [4.78, 5) is 1.88. The maximum absolute atomic E-state index is 5.45. The van der Waals surface area contributed by atoms with E-state index in [1.807, 2.05) is 18.0 Å². The van der Waals surface area contributed by atoms with Crippen LogP contribution >= 0.6 is 0 Å². The normalized spacial score (nSPS) is 16.0. The monoisotopic (exact) mass is 357 g/mol. The number of allylic oxidation sites excluding steroid dienone is 4. The Kier molecular flexibility index (Phi) is 5.15. The predicted molar refractivity (Wildman–Crippen MR) is 55.5 cm³/mol. The fraction of sp³-hybridized carbons (Fsp3) is 0.333. The van der Waals surface area contributed by atoms with Gasteiger partial charge in [-0.05, 0) is 18.7 Å². The SMILES string of the molecule is [CH-]=CC1=[C-]N(C)C(=C)C(C(C)C)=C1.[W+2]. The third kappa shape index (κ3) is 2.72. The molecule has 0 N–H and O–H groups in total. The van der Waals surface area contributed by atoms with E-state index < -0.39 is 0 Å². The second-order valence-corrected chi connectivity index (χ2v) is 3.49. The van der Waals surface area contributed by atoms with Gasteiger partial charge in [0, 0.05) is 0 Å². The van der Waals surface area contributed by atoms with Crippen LogP contribution < -0.4 is 0 Å². The van der Waals surface area contributed by atoms with E-state index in [-0.39, 0.29) is 21.1 Å². The molecule has 2 heteroatoms. The molecule has 0 radical (unpaired) electrons. The van der Waals surface area contributed by atoms with Crippen LogP contribution in [0.1, 0.15) is 13.8 Å². The zero-order valence-corrected chi connectivity index (χ0v) is 11.8. The zero-order chi connectivity index (χ0) is 10.0. The molecule has 1 nitrogen and oxygen atoms in total. The molecule has 1 aliphatic heterocycles. The molecular formula is C12H15NW. The molecule has 0 aromatic heterocycles. The van der Waals surface area contributed by atoms with Crippen LogP contribution in [0.4, 0.5) is 0 Å². The van der Waals surface area contributed by atoms with E-state index in [1.54, 1.807) is 6.08 Å². The van der Waals surface area contributed by atoms with E-state index in [0.29, 0.717) is 5.92 Å². The molecule has 1 heterocycles. The molecule has 0 atom stereocenters. The van der Waals surface area contributed by atoms with Gasteiger partial charge in [-0.1, -0.05) is 13.8 Å². The van der Waals surface area contributed by atoms with Crippen molar-refractivity contribution in [2.45, 2.75) is 13.8 Å². The Hall–Kier alpha value is -0.552. The molecule has 1 aliphatic rings. The Bertz CT molecular complexity index is 297. The summed E-state index contributed by atoms with van der Waals surface area (Å²) >= 11 is 0. The van der Waals surface area contributed by atoms with Gasteiger partial charge in [0.25, 0.3) is 0 Å². The Morgan fingerprint density at radius 1 is 1.57 bits per heavy atom. The minimum atomic E-state index is 0. The minimum Gasteiger partial charge on any atom is -0.447 e. The number of hydrogen-bond donors (Lipinski definition) is 0. The molecule has 0 aromatic carbocycles. The second-order valence-electron chi connectivity index (χ2n) is 3.49. The van der Waals surface area contributed by atoms with E-state index in [9.17, 15) is 0 Å². The summed E-state index contributed by atoms with van der Waals surface area (Å²) in [6, 6.07) is 0. The van der Waals surface area contributed by atoms with Crippen LogP contribution in [0.5, 0.6) is 0 Å². The van der Waals surface area contributed by atoms with Crippen molar-refractivity contribution in [2.24, 2.45) is 5.92 Å². The first-order valence-electron chi connectivity index (χ1n) is 4.39. The molecule has 0 unspecified atom stereocenters. The van der Waals surface area contributed by atoms with Crippen LogP contribution in [0, 0.1) is 18.7 Å². The number of rotatable bonds is 2. The Labute approximate surface area is 101 Å². The summed E-state index contributed by atoms with van der Waals surface area (Å²) in [6.07, 6.45) is 6.69. The van der Waals surface area contributed by atoms with Crippen LogP contribution in [0.15, 0.2) is 35.6 Å². The first-order valence-corrected chi connectivity index (χ1v) is 4.39. The summed E-state index contributed by atoms with van der Waals surface area (Å²) in [7, 11) is 1.93. The molecule has 0 aromatic rings. The van der Waals surface area contributed by atoms with Crippen LogP contribution in [-0.4, -0.2) is 11.9 Å². The zero-order valence-electron chi connectivity index (χ0n) is 8.87. The first-order chi connectivity index (χ1) is 6.06. The predicted octanol–water partition coefficient (Wildman–Crippen LogP) is 2.70. The third-order valence-electron chi connectivity index (χ3n) is 2.15. The molecule has 0 saturated heterocycles. The first kappa shape index (κ1) is 13.4. The maximum atomic E-state index is 5.45. The fourth-order valence-electron chi connectivity index (χ4n) is 1.32. The van der Waals surface area contributed by atoms with Gasteiger partial charge >= 0.3 is 21.1 Å². The molecule has 1 rings (SSSR count). The van der Waals surface area contributed by atoms with Crippen LogP contribution in [-0.2, 0) is 21.1 Å². The molecule has 0 fully saturated rings. The van der Waals surface area contributed by atoms with Gasteiger partial charge in [0.05, 0.1) is 0 Å². The van der Waals surface area contributed by atoms with Crippen molar-refractivity contribution in [1.82, 2.24) is 4.90 Å². The molecule has 0 spiro atoms. The number of hydrogen-bond acceptors (Lipinski definition) is 1. The second kappa shape index (κ2) is 5.36. The van der Waals surface area contributed by atoms with Gasteiger partial charge in [0.2, 0.25) is 0 Å². The molecule has 0 amide bonds. The van der Waals surface area contributed by atoms with Gasteiger partial charge in [-0.25, -0.2) is 6.08 Å². The van der Waals surface area contributed by atoms with Gasteiger partial charge in [-0.2, -0.15) is 6.20 Å². The molecular weight excluding hydrogens is 342 g/mol. The maximum Gasteiger partial charge on any atom is 2.00 e.